The number of hydrogen-bond acceptors (Lipinski definition) is 3. The maximum Gasteiger partial charge on any atom is 0.409 e. The van der Waals surface area contributed by atoms with E-state index in [1.54, 1.807) is 12.1 Å². The SMILES string of the molecule is Cc1ccc2c(OC(N)=O)cccc2c1N. The lowest BCUT2D eigenvalue weighted by atomic mass is 10.0. The van der Waals surface area contributed by atoms with Crippen LogP contribution in [0.1, 0.15) is 5.56 Å². The highest BCUT2D eigenvalue weighted by molar-refractivity contribution is 5.98. The Kier molecular flexibility index (Phi) is 2.40. The minimum absolute atomic E-state index is 0.428. The topological polar surface area (TPSA) is 78.3 Å². The predicted molar refractivity (Wildman–Crippen MR) is 63.3 cm³/mol. The van der Waals surface area contributed by atoms with Gasteiger partial charge in [0.15, 0.2) is 0 Å². The number of carbonyl (C=O) groups excluding carboxylic acids is 1. The molecule has 0 spiro atoms. The first-order valence-electron chi connectivity index (χ1n) is 4.84. The van der Waals surface area contributed by atoms with Crippen molar-refractivity contribution in [2.24, 2.45) is 5.73 Å². The number of fused-ring (bicyclic) bond motifs is 1. The van der Waals surface area contributed by atoms with Gasteiger partial charge in [-0.15, -0.1) is 0 Å². The summed E-state index contributed by atoms with van der Waals surface area (Å²) < 4.78 is 4.91. The fourth-order valence-corrected chi connectivity index (χ4v) is 1.66. The van der Waals surface area contributed by atoms with E-state index in [0.717, 1.165) is 16.3 Å². The van der Waals surface area contributed by atoms with Gasteiger partial charge in [-0.3, -0.25) is 0 Å². The van der Waals surface area contributed by atoms with Gasteiger partial charge in [-0.25, -0.2) is 4.79 Å². The number of benzene rings is 2. The average Bonchev–Trinajstić information content (AvgIpc) is 2.23. The van der Waals surface area contributed by atoms with E-state index in [0.29, 0.717) is 11.4 Å². The average molecular weight is 216 g/mol. The summed E-state index contributed by atoms with van der Waals surface area (Å²) in [7, 11) is 0. The fourth-order valence-electron chi connectivity index (χ4n) is 1.66. The highest BCUT2D eigenvalue weighted by atomic mass is 16.5. The Balaban J connectivity index is 2.69. The highest BCUT2D eigenvalue weighted by Crippen LogP contribution is 2.31. The molecule has 2 aromatic carbocycles. The third kappa shape index (κ3) is 1.65. The van der Waals surface area contributed by atoms with Crippen molar-refractivity contribution < 1.29 is 9.53 Å². The largest absolute Gasteiger partial charge is 0.410 e. The standard InChI is InChI=1S/C12H12N2O2/c1-7-5-6-8-9(11(7)13)3-2-4-10(8)16-12(14)15/h2-6H,13H2,1H3,(H2,14,15). The summed E-state index contributed by atoms with van der Waals surface area (Å²) in [4.78, 5) is 10.7. The van der Waals surface area contributed by atoms with Gasteiger partial charge in [-0.2, -0.15) is 0 Å². The van der Waals surface area contributed by atoms with E-state index in [4.69, 9.17) is 16.2 Å². The molecule has 2 rings (SSSR count). The number of nitrogens with two attached hydrogens (primary N) is 2. The summed E-state index contributed by atoms with van der Waals surface area (Å²) in [5.41, 5.74) is 12.6. The van der Waals surface area contributed by atoms with Gasteiger partial charge in [0, 0.05) is 16.5 Å². The summed E-state index contributed by atoms with van der Waals surface area (Å²) in [6.45, 7) is 1.93. The first kappa shape index (κ1) is 10.3. The van der Waals surface area contributed by atoms with Crippen molar-refractivity contribution in [1.29, 1.82) is 0 Å². The maximum absolute atomic E-state index is 10.7. The fraction of sp³-hybridized carbons (Fsp3) is 0.0833. The first-order chi connectivity index (χ1) is 7.59. The Morgan fingerprint density at radius 1 is 1.19 bits per heavy atom. The molecule has 0 bridgehead atoms. The third-order valence-electron chi connectivity index (χ3n) is 2.49. The van der Waals surface area contributed by atoms with Gasteiger partial charge in [-0.05, 0) is 18.6 Å². The number of anilines is 1. The van der Waals surface area contributed by atoms with E-state index in [9.17, 15) is 4.79 Å². The third-order valence-corrected chi connectivity index (χ3v) is 2.49. The molecule has 1 amide bonds. The molecule has 4 N–H and O–H groups in total. The van der Waals surface area contributed by atoms with Crippen LogP contribution >= 0.6 is 0 Å². The number of amides is 1. The van der Waals surface area contributed by atoms with Crippen LogP contribution in [0, 0.1) is 6.92 Å². The Labute approximate surface area is 92.8 Å². The second-order valence-corrected chi connectivity index (χ2v) is 3.57. The van der Waals surface area contributed by atoms with Crippen molar-refractivity contribution in [3.63, 3.8) is 0 Å². The van der Waals surface area contributed by atoms with Gasteiger partial charge < -0.3 is 16.2 Å². The molecule has 0 fully saturated rings. The van der Waals surface area contributed by atoms with Crippen LogP contribution in [0.15, 0.2) is 30.3 Å². The van der Waals surface area contributed by atoms with Gasteiger partial charge in [0.25, 0.3) is 0 Å². The van der Waals surface area contributed by atoms with Crippen molar-refractivity contribution in [2.75, 3.05) is 5.73 Å². The van der Waals surface area contributed by atoms with Crippen molar-refractivity contribution in [1.82, 2.24) is 0 Å². The Hall–Kier alpha value is -2.23. The van der Waals surface area contributed by atoms with Gasteiger partial charge in [0.2, 0.25) is 0 Å². The normalized spacial score (nSPS) is 10.3. The van der Waals surface area contributed by atoms with Crippen molar-refractivity contribution >= 4 is 22.6 Å². The predicted octanol–water partition coefficient (Wildman–Crippen LogP) is 2.19. The molecule has 16 heavy (non-hydrogen) atoms. The number of nitrogen functional groups attached to an aromatic ring is 1. The lowest BCUT2D eigenvalue weighted by molar-refractivity contribution is 0.211. The lowest BCUT2D eigenvalue weighted by Crippen LogP contribution is -2.16. The molecule has 0 aromatic heterocycles. The van der Waals surface area contributed by atoms with Crippen molar-refractivity contribution in [3.8, 4) is 5.75 Å². The van der Waals surface area contributed by atoms with Gasteiger partial charge in [0.1, 0.15) is 5.75 Å². The van der Waals surface area contributed by atoms with E-state index in [1.165, 1.54) is 0 Å². The van der Waals surface area contributed by atoms with Crippen molar-refractivity contribution in [2.45, 2.75) is 6.92 Å². The molecule has 4 nitrogen and oxygen atoms in total. The number of ether oxygens (including phenoxy) is 1. The van der Waals surface area contributed by atoms with Crippen LogP contribution < -0.4 is 16.2 Å². The maximum atomic E-state index is 10.7. The number of carbonyl (C=O) groups is 1. The molecular weight excluding hydrogens is 204 g/mol. The Bertz CT molecular complexity index is 564. The lowest BCUT2D eigenvalue weighted by Gasteiger charge is -2.09. The molecule has 0 aliphatic rings. The molecule has 0 saturated carbocycles. The summed E-state index contributed by atoms with van der Waals surface area (Å²) in [5.74, 6) is 0.428. The van der Waals surface area contributed by atoms with E-state index in [1.807, 2.05) is 25.1 Å². The van der Waals surface area contributed by atoms with E-state index >= 15 is 0 Å². The zero-order valence-electron chi connectivity index (χ0n) is 8.86. The molecule has 0 heterocycles. The minimum atomic E-state index is -0.827. The number of rotatable bonds is 1. The summed E-state index contributed by atoms with van der Waals surface area (Å²) >= 11 is 0. The highest BCUT2D eigenvalue weighted by Gasteiger charge is 2.07. The van der Waals surface area contributed by atoms with Gasteiger partial charge >= 0.3 is 6.09 Å². The molecule has 0 saturated heterocycles. The van der Waals surface area contributed by atoms with Crippen LogP contribution in [0.4, 0.5) is 10.5 Å². The smallest absolute Gasteiger partial charge is 0.409 e. The van der Waals surface area contributed by atoms with E-state index in [2.05, 4.69) is 0 Å². The second kappa shape index (κ2) is 3.73. The molecule has 82 valence electrons. The molecule has 0 atom stereocenters. The minimum Gasteiger partial charge on any atom is -0.410 e. The second-order valence-electron chi connectivity index (χ2n) is 3.57. The summed E-state index contributed by atoms with van der Waals surface area (Å²) in [6, 6.07) is 9.08. The van der Waals surface area contributed by atoms with Crippen LogP contribution in [0.2, 0.25) is 0 Å². The summed E-state index contributed by atoms with van der Waals surface area (Å²) in [6.07, 6.45) is -0.827. The van der Waals surface area contributed by atoms with Gasteiger partial charge in [-0.1, -0.05) is 24.3 Å². The van der Waals surface area contributed by atoms with Gasteiger partial charge in [0.05, 0.1) is 0 Å². The zero-order chi connectivity index (χ0) is 11.7. The van der Waals surface area contributed by atoms with Crippen LogP contribution in [-0.2, 0) is 0 Å². The quantitative estimate of drug-likeness (QED) is 0.717. The van der Waals surface area contributed by atoms with E-state index in [-0.39, 0.29) is 0 Å². The number of hydrogen-bond donors (Lipinski definition) is 2. The van der Waals surface area contributed by atoms with Crippen LogP contribution in [0.5, 0.6) is 5.75 Å². The molecule has 0 radical (unpaired) electrons. The molecule has 2 aromatic rings. The molecule has 4 heteroatoms. The Morgan fingerprint density at radius 3 is 2.62 bits per heavy atom. The van der Waals surface area contributed by atoms with Crippen LogP contribution in [0.25, 0.3) is 10.8 Å². The molecular formula is C12H12N2O2. The first-order valence-corrected chi connectivity index (χ1v) is 4.84. The Morgan fingerprint density at radius 2 is 1.94 bits per heavy atom. The number of primary amides is 1. The molecule has 0 unspecified atom stereocenters. The van der Waals surface area contributed by atoms with Crippen molar-refractivity contribution in [3.05, 3.63) is 35.9 Å². The summed E-state index contributed by atoms with van der Waals surface area (Å²) in [5, 5.41) is 1.64. The van der Waals surface area contributed by atoms with Crippen LogP contribution in [0.3, 0.4) is 0 Å². The van der Waals surface area contributed by atoms with Crippen LogP contribution in [-0.4, -0.2) is 6.09 Å². The zero-order valence-corrected chi connectivity index (χ0v) is 8.86. The molecule has 0 aliphatic carbocycles. The molecule has 0 aliphatic heterocycles. The monoisotopic (exact) mass is 216 g/mol. The number of aryl methyl sites for hydroxylation is 1. The van der Waals surface area contributed by atoms with E-state index < -0.39 is 6.09 Å².